The Morgan fingerprint density at radius 1 is 1.41 bits per heavy atom. The minimum Gasteiger partial charge on any atom is -0.338 e. The predicted molar refractivity (Wildman–Crippen MR) is 63.3 cm³/mol. The molecule has 0 aromatic carbocycles. The fraction of sp³-hybridized carbons (Fsp3) is 0.833. The molecule has 0 spiro atoms. The normalized spacial score (nSPS) is 22.1. The van der Waals surface area contributed by atoms with Gasteiger partial charge in [-0.2, -0.15) is 4.98 Å². The van der Waals surface area contributed by atoms with Gasteiger partial charge in [-0.15, -0.1) is 0 Å². The summed E-state index contributed by atoms with van der Waals surface area (Å²) in [5.41, 5.74) is 5.82. The lowest BCUT2D eigenvalue weighted by Gasteiger charge is -2.25. The molecule has 2 aliphatic carbocycles. The van der Waals surface area contributed by atoms with Crippen LogP contribution in [0.15, 0.2) is 4.52 Å². The Morgan fingerprint density at radius 2 is 2.18 bits per heavy atom. The van der Waals surface area contributed by atoms with Gasteiger partial charge in [0, 0.05) is 18.5 Å². The summed E-state index contributed by atoms with van der Waals surface area (Å²) in [7, 11) is 2.09. The Hall–Kier alpha value is -0.940. The van der Waals surface area contributed by atoms with Gasteiger partial charge in [0.05, 0.1) is 6.54 Å². The molecule has 94 valence electrons. The molecule has 2 saturated carbocycles. The Balaban J connectivity index is 1.60. The highest BCUT2D eigenvalue weighted by atomic mass is 16.5. The van der Waals surface area contributed by atoms with E-state index in [0.29, 0.717) is 18.5 Å². The lowest BCUT2D eigenvalue weighted by Crippen LogP contribution is -2.39. The molecule has 1 aromatic rings. The first-order chi connectivity index (χ1) is 8.28. The van der Waals surface area contributed by atoms with Gasteiger partial charge in [0.25, 0.3) is 0 Å². The number of aromatic nitrogens is 2. The Kier molecular flexibility index (Phi) is 2.88. The molecular weight excluding hydrogens is 216 g/mol. The third-order valence-corrected chi connectivity index (χ3v) is 3.78. The van der Waals surface area contributed by atoms with Crippen molar-refractivity contribution in [2.75, 3.05) is 13.6 Å². The van der Waals surface area contributed by atoms with E-state index < -0.39 is 0 Å². The van der Waals surface area contributed by atoms with E-state index >= 15 is 0 Å². The van der Waals surface area contributed by atoms with Crippen molar-refractivity contribution in [3.05, 3.63) is 11.7 Å². The molecule has 5 nitrogen and oxygen atoms in total. The molecule has 1 unspecified atom stereocenters. The van der Waals surface area contributed by atoms with Crippen molar-refractivity contribution in [1.82, 2.24) is 15.0 Å². The van der Waals surface area contributed by atoms with E-state index in [9.17, 15) is 0 Å². The van der Waals surface area contributed by atoms with Gasteiger partial charge in [-0.3, -0.25) is 4.90 Å². The second-order valence-corrected chi connectivity index (χ2v) is 5.38. The molecule has 2 aliphatic rings. The summed E-state index contributed by atoms with van der Waals surface area (Å²) in [5, 5.41) is 4.03. The molecule has 0 radical (unpaired) electrons. The molecule has 1 aromatic heterocycles. The first kappa shape index (κ1) is 11.2. The largest absolute Gasteiger partial charge is 0.338 e. The highest BCUT2D eigenvalue weighted by Gasteiger charge is 2.34. The summed E-state index contributed by atoms with van der Waals surface area (Å²) in [6.07, 6.45) is 5.04. The summed E-state index contributed by atoms with van der Waals surface area (Å²) >= 11 is 0. The smallest absolute Gasteiger partial charge is 0.240 e. The van der Waals surface area contributed by atoms with Gasteiger partial charge >= 0.3 is 0 Å². The van der Waals surface area contributed by atoms with Crippen LogP contribution in [0.25, 0.3) is 0 Å². The molecule has 2 fully saturated rings. The number of likely N-dealkylation sites (N-methyl/N-ethyl adjacent to an activating group) is 1. The average Bonchev–Trinajstić information content (AvgIpc) is 3.20. The molecular formula is C12H20N4O. The summed E-state index contributed by atoms with van der Waals surface area (Å²) in [5.74, 6) is 2.96. The maximum Gasteiger partial charge on any atom is 0.240 e. The van der Waals surface area contributed by atoms with Crippen LogP contribution in [0.5, 0.6) is 0 Å². The second-order valence-electron chi connectivity index (χ2n) is 5.38. The van der Waals surface area contributed by atoms with Crippen LogP contribution in [0.1, 0.15) is 43.3 Å². The van der Waals surface area contributed by atoms with Gasteiger partial charge in [0.1, 0.15) is 0 Å². The van der Waals surface area contributed by atoms with Crippen molar-refractivity contribution in [2.45, 2.75) is 44.2 Å². The minimum atomic E-state index is 0.464. The lowest BCUT2D eigenvalue weighted by atomic mass is 10.1. The summed E-state index contributed by atoms with van der Waals surface area (Å²) < 4.78 is 5.29. The van der Waals surface area contributed by atoms with E-state index in [1.54, 1.807) is 0 Å². The zero-order valence-electron chi connectivity index (χ0n) is 10.3. The minimum absolute atomic E-state index is 0.464. The van der Waals surface area contributed by atoms with E-state index in [1.807, 2.05) is 0 Å². The number of nitrogens with two attached hydrogens (primary N) is 1. The van der Waals surface area contributed by atoms with Gasteiger partial charge in [-0.25, -0.2) is 0 Å². The van der Waals surface area contributed by atoms with Crippen molar-refractivity contribution in [3.63, 3.8) is 0 Å². The third-order valence-electron chi connectivity index (χ3n) is 3.78. The third kappa shape index (κ3) is 2.50. The molecule has 1 heterocycles. The zero-order chi connectivity index (χ0) is 11.8. The monoisotopic (exact) mass is 236 g/mol. The maximum atomic E-state index is 5.82. The van der Waals surface area contributed by atoms with Crippen molar-refractivity contribution in [1.29, 1.82) is 0 Å². The highest BCUT2D eigenvalue weighted by Crippen LogP contribution is 2.38. The molecule has 5 heteroatoms. The molecule has 17 heavy (non-hydrogen) atoms. The van der Waals surface area contributed by atoms with Crippen LogP contribution in [0, 0.1) is 5.92 Å². The lowest BCUT2D eigenvalue weighted by molar-refractivity contribution is 0.189. The van der Waals surface area contributed by atoms with Crippen molar-refractivity contribution < 1.29 is 4.52 Å². The average molecular weight is 236 g/mol. The molecule has 0 aliphatic heterocycles. The number of nitrogens with zero attached hydrogens (tertiary/aromatic N) is 3. The zero-order valence-corrected chi connectivity index (χ0v) is 10.3. The van der Waals surface area contributed by atoms with Crippen LogP contribution in [-0.2, 0) is 6.54 Å². The number of rotatable bonds is 6. The topological polar surface area (TPSA) is 68.2 Å². The fourth-order valence-corrected chi connectivity index (χ4v) is 2.38. The van der Waals surface area contributed by atoms with Crippen LogP contribution in [0.4, 0.5) is 0 Å². The quantitative estimate of drug-likeness (QED) is 0.801. The van der Waals surface area contributed by atoms with E-state index in [2.05, 4.69) is 22.1 Å². The molecule has 0 bridgehead atoms. The van der Waals surface area contributed by atoms with Crippen molar-refractivity contribution in [3.8, 4) is 0 Å². The van der Waals surface area contributed by atoms with Gasteiger partial charge in [-0.05, 0) is 38.6 Å². The number of hydrogen-bond acceptors (Lipinski definition) is 5. The standard InChI is InChI=1S/C12H20N4O/c1-16(10(6-13)8-2-3-8)7-11-14-12(15-17-11)9-4-5-9/h8-10H,2-7,13H2,1H3. The first-order valence-electron chi connectivity index (χ1n) is 6.50. The fourth-order valence-electron chi connectivity index (χ4n) is 2.38. The summed E-state index contributed by atoms with van der Waals surface area (Å²) in [6, 6.07) is 0.464. The Morgan fingerprint density at radius 3 is 2.76 bits per heavy atom. The summed E-state index contributed by atoms with van der Waals surface area (Å²) in [6.45, 7) is 1.43. The van der Waals surface area contributed by atoms with Crippen LogP contribution in [-0.4, -0.2) is 34.7 Å². The highest BCUT2D eigenvalue weighted by molar-refractivity contribution is 5.03. The number of hydrogen-bond donors (Lipinski definition) is 1. The van der Waals surface area contributed by atoms with Gasteiger partial charge < -0.3 is 10.3 Å². The van der Waals surface area contributed by atoms with Crippen LogP contribution < -0.4 is 5.73 Å². The second kappa shape index (κ2) is 4.38. The maximum absolute atomic E-state index is 5.82. The molecule has 2 N–H and O–H groups in total. The van der Waals surface area contributed by atoms with Gasteiger partial charge in [0.2, 0.25) is 5.89 Å². The van der Waals surface area contributed by atoms with Crippen LogP contribution in [0.3, 0.4) is 0 Å². The predicted octanol–water partition coefficient (Wildman–Crippen LogP) is 1.12. The van der Waals surface area contributed by atoms with Gasteiger partial charge in [-0.1, -0.05) is 5.16 Å². The first-order valence-corrected chi connectivity index (χ1v) is 6.50. The van der Waals surface area contributed by atoms with Crippen molar-refractivity contribution >= 4 is 0 Å². The van der Waals surface area contributed by atoms with Crippen molar-refractivity contribution in [2.24, 2.45) is 11.7 Å². The Bertz CT molecular complexity index is 384. The van der Waals surface area contributed by atoms with E-state index in [-0.39, 0.29) is 0 Å². The van der Waals surface area contributed by atoms with E-state index in [0.717, 1.165) is 24.2 Å². The van der Waals surface area contributed by atoms with E-state index in [4.69, 9.17) is 10.3 Å². The van der Waals surface area contributed by atoms with E-state index in [1.165, 1.54) is 25.7 Å². The molecule has 3 rings (SSSR count). The summed E-state index contributed by atoms with van der Waals surface area (Å²) in [4.78, 5) is 6.70. The molecule has 0 amide bonds. The Labute approximate surface area is 101 Å². The van der Waals surface area contributed by atoms with Gasteiger partial charge in [0.15, 0.2) is 5.82 Å². The molecule has 1 atom stereocenters. The van der Waals surface area contributed by atoms with Crippen LogP contribution >= 0.6 is 0 Å². The molecule has 0 saturated heterocycles. The van der Waals surface area contributed by atoms with Crippen LogP contribution in [0.2, 0.25) is 0 Å². The SMILES string of the molecule is CN(Cc1nc(C2CC2)no1)C(CN)C1CC1.